The van der Waals surface area contributed by atoms with E-state index in [1.807, 2.05) is 6.92 Å². The summed E-state index contributed by atoms with van der Waals surface area (Å²) in [5, 5.41) is 0.556. The molecular weight excluding hydrogens is 376 g/mol. The fourth-order valence-electron chi connectivity index (χ4n) is 3.30. The van der Waals surface area contributed by atoms with E-state index in [1.54, 1.807) is 24.3 Å². The molecule has 0 saturated heterocycles. The third-order valence-electron chi connectivity index (χ3n) is 4.60. The minimum Gasteiger partial charge on any atom is -0.282 e. The molecule has 1 unspecified atom stereocenters. The lowest BCUT2D eigenvalue weighted by atomic mass is 9.91. The maximum absolute atomic E-state index is 12.0. The summed E-state index contributed by atoms with van der Waals surface area (Å²) < 4.78 is 67.4. The van der Waals surface area contributed by atoms with E-state index in [9.17, 15) is 25.9 Å². The van der Waals surface area contributed by atoms with Crippen LogP contribution in [0.1, 0.15) is 45.1 Å². The van der Waals surface area contributed by atoms with Gasteiger partial charge < -0.3 is 0 Å². The van der Waals surface area contributed by atoms with Crippen LogP contribution in [-0.4, -0.2) is 25.9 Å². The van der Waals surface area contributed by atoms with Gasteiger partial charge in [-0.15, -0.1) is 0 Å². The molecule has 0 spiro atoms. The lowest BCUT2D eigenvalue weighted by Gasteiger charge is -2.19. The van der Waals surface area contributed by atoms with Gasteiger partial charge in [-0.25, -0.2) is 0 Å². The summed E-state index contributed by atoms with van der Waals surface area (Å²) in [6.45, 7) is 4.04. The monoisotopic (exact) mass is 400 g/mol. The van der Waals surface area contributed by atoms with Gasteiger partial charge in [0, 0.05) is 5.39 Å². The first-order valence-electron chi connectivity index (χ1n) is 8.59. The van der Waals surface area contributed by atoms with Gasteiger partial charge in [-0.05, 0) is 29.4 Å². The number of benzene rings is 2. The molecule has 0 bridgehead atoms. The second-order valence-electron chi connectivity index (χ2n) is 6.49. The molecule has 0 amide bonds. The minimum atomic E-state index is -4.86. The average molecular weight is 401 g/mol. The van der Waals surface area contributed by atoms with Crippen LogP contribution in [0.15, 0.2) is 40.1 Å². The zero-order valence-electron chi connectivity index (χ0n) is 14.8. The number of fused-ring (bicyclic) bond motifs is 1. The first-order chi connectivity index (χ1) is 12.1. The summed E-state index contributed by atoms with van der Waals surface area (Å²) >= 11 is 0. The molecule has 0 saturated carbocycles. The van der Waals surface area contributed by atoms with Crippen molar-refractivity contribution in [3.8, 4) is 0 Å². The van der Waals surface area contributed by atoms with E-state index in [2.05, 4.69) is 6.92 Å². The molecular formula is C18H24O6S2. The van der Waals surface area contributed by atoms with Crippen LogP contribution < -0.4 is 0 Å². The van der Waals surface area contributed by atoms with Gasteiger partial charge in [0.05, 0.1) is 0 Å². The molecule has 26 heavy (non-hydrogen) atoms. The molecule has 0 aliphatic rings. The van der Waals surface area contributed by atoms with E-state index in [0.29, 0.717) is 11.8 Å². The summed E-state index contributed by atoms with van der Waals surface area (Å²) in [7, 11) is -9.72. The molecule has 1 atom stereocenters. The molecule has 0 aromatic heterocycles. The number of rotatable bonds is 8. The first kappa shape index (κ1) is 20.8. The lowest BCUT2D eigenvalue weighted by molar-refractivity contribution is 0.439. The summed E-state index contributed by atoms with van der Waals surface area (Å²) in [5.74, 6) is 0.144. The van der Waals surface area contributed by atoms with Crippen molar-refractivity contribution in [3.63, 3.8) is 0 Å². The van der Waals surface area contributed by atoms with Crippen LogP contribution in [0.3, 0.4) is 0 Å². The Morgan fingerprint density at radius 2 is 1.58 bits per heavy atom. The predicted octanol–water partition coefficient (Wildman–Crippen LogP) is 4.09. The van der Waals surface area contributed by atoms with Crippen molar-refractivity contribution in [3.05, 3.63) is 35.9 Å². The van der Waals surface area contributed by atoms with E-state index in [0.717, 1.165) is 25.7 Å². The zero-order valence-corrected chi connectivity index (χ0v) is 16.5. The van der Waals surface area contributed by atoms with E-state index < -0.39 is 30.0 Å². The van der Waals surface area contributed by atoms with E-state index >= 15 is 0 Å². The first-order valence-corrected chi connectivity index (χ1v) is 11.5. The Kier molecular flexibility index (Phi) is 6.44. The topological polar surface area (TPSA) is 109 Å². The smallest absolute Gasteiger partial charge is 0.282 e. The molecule has 144 valence electrons. The highest BCUT2D eigenvalue weighted by atomic mass is 32.2. The van der Waals surface area contributed by atoms with Gasteiger partial charge >= 0.3 is 0 Å². The maximum atomic E-state index is 12.0. The number of hydrogen-bond acceptors (Lipinski definition) is 4. The Morgan fingerprint density at radius 3 is 2.12 bits per heavy atom. The summed E-state index contributed by atoms with van der Waals surface area (Å²) in [4.78, 5) is -1.47. The normalized spacial score (nSPS) is 13.8. The van der Waals surface area contributed by atoms with Crippen LogP contribution in [-0.2, 0) is 26.7 Å². The van der Waals surface area contributed by atoms with Crippen LogP contribution in [0.25, 0.3) is 10.8 Å². The third-order valence-corrected chi connectivity index (χ3v) is 6.65. The molecule has 0 aliphatic heterocycles. The van der Waals surface area contributed by atoms with Gasteiger partial charge in [-0.1, -0.05) is 63.8 Å². The van der Waals surface area contributed by atoms with E-state index in [1.165, 1.54) is 6.07 Å². The largest absolute Gasteiger partial charge is 0.296 e. The number of hydrogen-bond donors (Lipinski definition) is 2. The van der Waals surface area contributed by atoms with Gasteiger partial charge in [0.15, 0.2) is 0 Å². The van der Waals surface area contributed by atoms with Crippen LogP contribution in [0, 0.1) is 5.92 Å². The number of unbranched alkanes of at least 4 members (excludes halogenated alkanes) is 1. The molecule has 2 N–H and O–H groups in total. The summed E-state index contributed by atoms with van der Waals surface area (Å²) in [5.41, 5.74) is 0.210. The van der Waals surface area contributed by atoms with Gasteiger partial charge in [0.1, 0.15) is 9.79 Å². The molecule has 0 fully saturated rings. The van der Waals surface area contributed by atoms with Gasteiger partial charge in [0.25, 0.3) is 20.2 Å². The van der Waals surface area contributed by atoms with Gasteiger partial charge in [-0.3, -0.25) is 9.11 Å². The molecule has 2 aromatic rings. The molecule has 0 heterocycles. The van der Waals surface area contributed by atoms with Crippen molar-refractivity contribution in [1.29, 1.82) is 0 Å². The second kappa shape index (κ2) is 8.04. The quantitative estimate of drug-likeness (QED) is 0.646. The maximum Gasteiger partial charge on any atom is 0.296 e. The van der Waals surface area contributed by atoms with Gasteiger partial charge in [0.2, 0.25) is 0 Å². The van der Waals surface area contributed by atoms with Crippen molar-refractivity contribution in [2.45, 2.75) is 55.7 Å². The Balaban J connectivity index is 2.81. The highest BCUT2D eigenvalue weighted by Gasteiger charge is 2.30. The van der Waals surface area contributed by atoms with Crippen molar-refractivity contribution < 1.29 is 25.9 Å². The van der Waals surface area contributed by atoms with Crippen molar-refractivity contribution in [1.82, 2.24) is 0 Å². The third kappa shape index (κ3) is 4.62. The second-order valence-corrected chi connectivity index (χ2v) is 9.20. The fraction of sp³-hybridized carbons (Fsp3) is 0.444. The lowest BCUT2D eigenvalue weighted by Crippen LogP contribution is -2.15. The molecule has 0 radical (unpaired) electrons. The zero-order chi connectivity index (χ0) is 19.5. The van der Waals surface area contributed by atoms with E-state index in [4.69, 9.17) is 0 Å². The summed E-state index contributed by atoms with van der Waals surface area (Å²) in [6, 6.07) is 7.88. The van der Waals surface area contributed by atoms with Gasteiger partial charge in [-0.2, -0.15) is 16.8 Å². The van der Waals surface area contributed by atoms with Crippen LogP contribution >= 0.6 is 0 Å². The standard InChI is InChI=1S/C18H24O6S2/c1-3-5-8-13(4-2)11-15-12-14-9-6-7-10-16(14)18(26(22,23)24)17(15)25(19,20)21/h6-7,9-10,12-13H,3-5,8,11H2,1-2H3,(H,19,20,21)(H,22,23,24). The van der Waals surface area contributed by atoms with Crippen LogP contribution in [0.4, 0.5) is 0 Å². The van der Waals surface area contributed by atoms with Crippen LogP contribution in [0.5, 0.6) is 0 Å². The Bertz CT molecular complexity index is 994. The molecule has 0 aliphatic carbocycles. The Hall–Kier alpha value is -1.48. The Morgan fingerprint density at radius 1 is 0.962 bits per heavy atom. The molecule has 8 heteroatoms. The van der Waals surface area contributed by atoms with Crippen molar-refractivity contribution in [2.75, 3.05) is 0 Å². The predicted molar refractivity (Wildman–Crippen MR) is 101 cm³/mol. The molecule has 6 nitrogen and oxygen atoms in total. The fourth-order valence-corrected chi connectivity index (χ4v) is 5.57. The highest BCUT2D eigenvalue weighted by Crippen LogP contribution is 2.35. The molecule has 2 rings (SSSR count). The highest BCUT2D eigenvalue weighted by molar-refractivity contribution is 7.89. The Labute approximate surface area is 154 Å². The van der Waals surface area contributed by atoms with E-state index in [-0.39, 0.29) is 16.9 Å². The molecule has 2 aromatic carbocycles. The minimum absolute atomic E-state index is 0.0629. The SMILES string of the molecule is CCCCC(CC)Cc1cc2ccccc2c(S(=O)(=O)O)c1S(=O)(=O)O. The van der Waals surface area contributed by atoms with Crippen LogP contribution in [0.2, 0.25) is 0 Å². The van der Waals surface area contributed by atoms with Crippen molar-refractivity contribution in [2.24, 2.45) is 5.92 Å². The average Bonchev–Trinajstić information content (AvgIpc) is 2.55. The van der Waals surface area contributed by atoms with Crippen molar-refractivity contribution >= 4 is 31.0 Å². The summed E-state index contributed by atoms with van der Waals surface area (Å²) in [6.07, 6.45) is 3.93.